The van der Waals surface area contributed by atoms with Gasteiger partial charge in [-0.15, -0.1) is 0 Å². The van der Waals surface area contributed by atoms with Gasteiger partial charge in [-0.1, -0.05) is 0 Å². The highest BCUT2D eigenvalue weighted by molar-refractivity contribution is 7.91. The van der Waals surface area contributed by atoms with Gasteiger partial charge in [0.05, 0.1) is 18.6 Å². The summed E-state index contributed by atoms with van der Waals surface area (Å²) in [6.45, 7) is 0. The molecule has 0 unspecified atom stereocenters. The summed E-state index contributed by atoms with van der Waals surface area (Å²) in [7, 11) is -1.68. The van der Waals surface area contributed by atoms with Crippen molar-refractivity contribution in [3.8, 4) is 0 Å². The maximum absolute atomic E-state index is 11.1. The lowest BCUT2D eigenvalue weighted by Gasteiger charge is -2.16. The maximum atomic E-state index is 11.1. The first-order valence-corrected chi connectivity index (χ1v) is 6.04. The summed E-state index contributed by atoms with van der Waals surface area (Å²) in [5, 5.41) is 0. The summed E-state index contributed by atoms with van der Waals surface area (Å²) in [4.78, 5) is 11.0. The summed E-state index contributed by atoms with van der Waals surface area (Å²) in [6.07, 6.45) is 0.673. The minimum atomic E-state index is -2.92. The number of esters is 1. The van der Waals surface area contributed by atoms with Crippen LogP contribution in [0.1, 0.15) is 12.8 Å². The van der Waals surface area contributed by atoms with Crippen LogP contribution in [0.25, 0.3) is 0 Å². The third kappa shape index (κ3) is 2.47. The zero-order valence-corrected chi connectivity index (χ0v) is 8.76. The second-order valence-electron chi connectivity index (χ2n) is 3.16. The van der Waals surface area contributed by atoms with Gasteiger partial charge in [-0.25, -0.2) is 13.2 Å². The van der Waals surface area contributed by atoms with Crippen molar-refractivity contribution in [3.05, 3.63) is 11.3 Å². The van der Waals surface area contributed by atoms with Gasteiger partial charge in [-0.3, -0.25) is 0 Å². The molecule has 0 aliphatic carbocycles. The highest BCUT2D eigenvalue weighted by atomic mass is 32.2. The molecule has 1 aliphatic heterocycles. The molecule has 0 radical (unpaired) electrons. The number of ether oxygens (including phenoxy) is 1. The molecule has 1 fully saturated rings. The Balaban J connectivity index is 2.78. The van der Waals surface area contributed by atoms with Gasteiger partial charge in [0.15, 0.2) is 9.84 Å². The molecule has 2 N–H and O–H groups in total. The van der Waals surface area contributed by atoms with E-state index in [1.165, 1.54) is 7.11 Å². The van der Waals surface area contributed by atoms with Crippen molar-refractivity contribution in [1.82, 2.24) is 0 Å². The normalized spacial score (nSPS) is 20.2. The molecule has 80 valence electrons. The Kier molecular flexibility index (Phi) is 3.15. The van der Waals surface area contributed by atoms with E-state index in [9.17, 15) is 13.2 Å². The zero-order chi connectivity index (χ0) is 10.8. The maximum Gasteiger partial charge on any atom is 0.353 e. The Morgan fingerprint density at radius 2 is 1.86 bits per heavy atom. The molecule has 0 bridgehead atoms. The van der Waals surface area contributed by atoms with Crippen LogP contribution in [0.4, 0.5) is 0 Å². The third-order valence-electron chi connectivity index (χ3n) is 2.22. The molecule has 0 atom stereocenters. The molecule has 0 amide bonds. The van der Waals surface area contributed by atoms with Gasteiger partial charge in [0.1, 0.15) is 5.70 Å². The van der Waals surface area contributed by atoms with Gasteiger partial charge < -0.3 is 10.5 Å². The molecular formula is C8H13NO4S. The van der Waals surface area contributed by atoms with E-state index in [0.717, 1.165) is 0 Å². The van der Waals surface area contributed by atoms with Crippen molar-refractivity contribution in [2.75, 3.05) is 18.6 Å². The van der Waals surface area contributed by atoms with Crippen LogP contribution in [0.3, 0.4) is 0 Å². The van der Waals surface area contributed by atoms with Gasteiger partial charge in [0.25, 0.3) is 0 Å². The monoisotopic (exact) mass is 219 g/mol. The Morgan fingerprint density at radius 1 is 1.36 bits per heavy atom. The van der Waals surface area contributed by atoms with E-state index in [4.69, 9.17) is 5.73 Å². The fourth-order valence-corrected chi connectivity index (χ4v) is 2.63. The lowest BCUT2D eigenvalue weighted by molar-refractivity contribution is -0.136. The number of hydrogen-bond acceptors (Lipinski definition) is 5. The van der Waals surface area contributed by atoms with Crippen LogP contribution < -0.4 is 5.73 Å². The van der Waals surface area contributed by atoms with E-state index < -0.39 is 15.8 Å². The molecule has 0 aromatic heterocycles. The van der Waals surface area contributed by atoms with Crippen LogP contribution in [0.2, 0.25) is 0 Å². The first kappa shape index (κ1) is 11.0. The molecule has 0 saturated carbocycles. The molecule has 1 aliphatic rings. The van der Waals surface area contributed by atoms with E-state index in [-0.39, 0.29) is 17.2 Å². The van der Waals surface area contributed by atoms with Gasteiger partial charge in [0, 0.05) is 0 Å². The Bertz CT molecular complexity index is 353. The molecule has 5 nitrogen and oxygen atoms in total. The predicted molar refractivity (Wildman–Crippen MR) is 51.1 cm³/mol. The highest BCUT2D eigenvalue weighted by Crippen LogP contribution is 2.19. The van der Waals surface area contributed by atoms with Gasteiger partial charge >= 0.3 is 5.97 Å². The number of sulfone groups is 1. The van der Waals surface area contributed by atoms with Crippen molar-refractivity contribution in [2.24, 2.45) is 5.73 Å². The molecule has 1 heterocycles. The lowest BCUT2D eigenvalue weighted by atomic mass is 10.1. The molecule has 1 rings (SSSR count). The second-order valence-corrected chi connectivity index (χ2v) is 5.46. The second kappa shape index (κ2) is 4.00. The third-order valence-corrected chi connectivity index (χ3v) is 3.87. The smallest absolute Gasteiger partial charge is 0.353 e. The van der Waals surface area contributed by atoms with E-state index in [1.807, 2.05) is 0 Å². The average Bonchev–Trinajstić information content (AvgIpc) is 2.15. The molecule has 0 spiro atoms. The van der Waals surface area contributed by atoms with Crippen molar-refractivity contribution >= 4 is 15.8 Å². The van der Waals surface area contributed by atoms with Crippen LogP contribution in [0.15, 0.2) is 11.3 Å². The largest absolute Gasteiger partial charge is 0.464 e. The Morgan fingerprint density at radius 3 is 2.29 bits per heavy atom. The van der Waals surface area contributed by atoms with Gasteiger partial charge in [0.2, 0.25) is 0 Å². The van der Waals surface area contributed by atoms with Crippen LogP contribution >= 0.6 is 0 Å². The van der Waals surface area contributed by atoms with Gasteiger partial charge in [-0.2, -0.15) is 0 Å². The number of carbonyl (C=O) groups excluding carboxylic acids is 1. The molecule has 1 saturated heterocycles. The van der Waals surface area contributed by atoms with Crippen molar-refractivity contribution in [1.29, 1.82) is 0 Å². The quantitative estimate of drug-likeness (QED) is 0.478. The standard InChI is InChI=1S/C8H13NO4S/c1-13-8(10)7(9)6-2-4-14(11,12)5-3-6/h2-5,9H2,1H3. The summed E-state index contributed by atoms with van der Waals surface area (Å²) < 4.78 is 26.6. The van der Waals surface area contributed by atoms with Crippen LogP contribution in [0.5, 0.6) is 0 Å². The predicted octanol–water partition coefficient (Wildman–Crippen LogP) is -0.419. The summed E-state index contributed by atoms with van der Waals surface area (Å²) in [6, 6.07) is 0. The Labute approximate surface area is 82.8 Å². The summed E-state index contributed by atoms with van der Waals surface area (Å²) >= 11 is 0. The molecular weight excluding hydrogens is 206 g/mol. The number of allylic oxidation sites excluding steroid dienone is 1. The first-order valence-electron chi connectivity index (χ1n) is 4.22. The van der Waals surface area contributed by atoms with E-state index in [2.05, 4.69) is 4.74 Å². The van der Waals surface area contributed by atoms with E-state index in [0.29, 0.717) is 18.4 Å². The number of nitrogens with two attached hydrogens (primary N) is 1. The molecule has 14 heavy (non-hydrogen) atoms. The molecule has 0 aromatic rings. The molecule has 0 aromatic carbocycles. The number of hydrogen-bond donors (Lipinski definition) is 1. The van der Waals surface area contributed by atoms with E-state index >= 15 is 0 Å². The fourth-order valence-electron chi connectivity index (χ4n) is 1.31. The van der Waals surface area contributed by atoms with Gasteiger partial charge in [-0.05, 0) is 18.4 Å². The summed E-state index contributed by atoms with van der Waals surface area (Å²) in [5.74, 6) is -0.445. The topological polar surface area (TPSA) is 86.5 Å². The first-order chi connectivity index (χ1) is 6.46. The van der Waals surface area contributed by atoms with Crippen molar-refractivity contribution in [3.63, 3.8) is 0 Å². The Hall–Kier alpha value is -1.04. The van der Waals surface area contributed by atoms with Crippen molar-refractivity contribution < 1.29 is 17.9 Å². The number of carbonyl (C=O) groups is 1. The van der Waals surface area contributed by atoms with Crippen LogP contribution in [-0.4, -0.2) is 33.0 Å². The molecule has 6 heteroatoms. The summed E-state index contributed by atoms with van der Waals surface area (Å²) in [5.41, 5.74) is 6.25. The zero-order valence-electron chi connectivity index (χ0n) is 7.95. The minimum absolute atomic E-state index is 0.0578. The van der Waals surface area contributed by atoms with E-state index in [1.54, 1.807) is 0 Å². The number of methoxy groups -OCH3 is 1. The number of rotatable bonds is 1. The van der Waals surface area contributed by atoms with Crippen LogP contribution in [0, 0.1) is 0 Å². The lowest BCUT2D eigenvalue weighted by Crippen LogP contribution is -2.23. The average molecular weight is 219 g/mol. The highest BCUT2D eigenvalue weighted by Gasteiger charge is 2.22. The fraction of sp³-hybridized carbons (Fsp3) is 0.625. The van der Waals surface area contributed by atoms with Crippen LogP contribution in [-0.2, 0) is 19.4 Å². The van der Waals surface area contributed by atoms with Crippen molar-refractivity contribution in [2.45, 2.75) is 12.8 Å². The minimum Gasteiger partial charge on any atom is -0.464 e. The SMILES string of the molecule is COC(=O)C(N)=C1CCS(=O)(=O)CC1.